The molecule has 0 bridgehead atoms. The van der Waals surface area contributed by atoms with Crippen LogP contribution in [0, 0.1) is 0 Å². The van der Waals surface area contributed by atoms with Crippen molar-refractivity contribution in [2.75, 3.05) is 18.0 Å². The minimum atomic E-state index is -0.705. The van der Waals surface area contributed by atoms with Crippen LogP contribution in [0.2, 0.25) is 0 Å². The fourth-order valence-electron chi connectivity index (χ4n) is 2.59. The molecule has 0 aromatic heterocycles. The highest BCUT2D eigenvalue weighted by molar-refractivity contribution is 5.81. The lowest BCUT2D eigenvalue weighted by Gasteiger charge is -2.17. The van der Waals surface area contributed by atoms with Crippen molar-refractivity contribution in [1.82, 2.24) is 0 Å². The van der Waals surface area contributed by atoms with Gasteiger partial charge in [0.2, 0.25) is 0 Å². The second-order valence-electron chi connectivity index (χ2n) is 5.11. The van der Waals surface area contributed by atoms with E-state index in [9.17, 15) is 4.79 Å². The van der Waals surface area contributed by atoms with Gasteiger partial charge in [-0.15, -0.1) is 0 Å². The molecule has 1 aliphatic carbocycles. The summed E-state index contributed by atoms with van der Waals surface area (Å²) in [6.45, 7) is 1.78. The summed E-state index contributed by atoms with van der Waals surface area (Å²) >= 11 is 0. The minimum Gasteiger partial charge on any atom is -0.481 e. The van der Waals surface area contributed by atoms with Crippen LogP contribution in [0.4, 0.5) is 5.69 Å². The third kappa shape index (κ3) is 1.98. The van der Waals surface area contributed by atoms with E-state index in [0.29, 0.717) is 0 Å². The van der Waals surface area contributed by atoms with Gasteiger partial charge in [0.25, 0.3) is 0 Å². The Balaban J connectivity index is 1.79. The molecular formula is C14H16N2O2. The molecule has 1 aliphatic heterocycles. The summed E-state index contributed by atoms with van der Waals surface area (Å²) in [4.78, 5) is 17.2. The molecule has 18 heavy (non-hydrogen) atoms. The first-order valence-corrected chi connectivity index (χ1v) is 6.29. The maximum atomic E-state index is 10.9. The van der Waals surface area contributed by atoms with Crippen molar-refractivity contribution in [3.8, 4) is 0 Å². The Hall–Kier alpha value is -1.84. The van der Waals surface area contributed by atoms with Crippen molar-refractivity contribution >= 4 is 18.0 Å². The molecule has 3 rings (SSSR count). The number of rotatable bonds is 4. The lowest BCUT2D eigenvalue weighted by Crippen LogP contribution is -2.18. The molecule has 0 saturated heterocycles. The molecule has 1 heterocycles. The summed E-state index contributed by atoms with van der Waals surface area (Å²) in [5.41, 5.74) is 2.19. The average Bonchev–Trinajstić information content (AvgIpc) is 2.93. The molecule has 2 aliphatic rings. The quantitative estimate of drug-likeness (QED) is 0.881. The Kier molecular flexibility index (Phi) is 2.58. The van der Waals surface area contributed by atoms with E-state index in [1.807, 2.05) is 6.34 Å². The van der Waals surface area contributed by atoms with Crippen LogP contribution < -0.4 is 4.90 Å². The van der Waals surface area contributed by atoms with Crippen LogP contribution in [0.25, 0.3) is 0 Å². The van der Waals surface area contributed by atoms with Crippen LogP contribution in [0.15, 0.2) is 29.3 Å². The van der Waals surface area contributed by atoms with Gasteiger partial charge in [-0.2, -0.15) is 0 Å². The van der Waals surface area contributed by atoms with E-state index in [0.717, 1.165) is 37.2 Å². The molecule has 1 N–H and O–H groups in total. The fraction of sp³-hybridized carbons (Fsp3) is 0.429. The van der Waals surface area contributed by atoms with Crippen molar-refractivity contribution in [1.29, 1.82) is 0 Å². The summed E-state index contributed by atoms with van der Waals surface area (Å²) in [5, 5.41) is 8.95. The van der Waals surface area contributed by atoms with Crippen LogP contribution in [-0.4, -0.2) is 30.5 Å². The lowest BCUT2D eigenvalue weighted by molar-refractivity contribution is -0.137. The van der Waals surface area contributed by atoms with Crippen molar-refractivity contribution < 1.29 is 9.90 Å². The van der Waals surface area contributed by atoms with E-state index in [-0.39, 0.29) is 11.8 Å². The fourth-order valence-corrected chi connectivity index (χ4v) is 2.59. The Morgan fingerprint density at radius 2 is 2.06 bits per heavy atom. The molecule has 0 unspecified atom stereocenters. The molecule has 4 nitrogen and oxygen atoms in total. The van der Waals surface area contributed by atoms with E-state index in [1.165, 1.54) is 0 Å². The van der Waals surface area contributed by atoms with Gasteiger partial charge in [-0.3, -0.25) is 9.79 Å². The van der Waals surface area contributed by atoms with Crippen LogP contribution in [0.1, 0.15) is 24.8 Å². The Morgan fingerprint density at radius 1 is 1.33 bits per heavy atom. The first-order chi connectivity index (χ1) is 8.70. The smallest absolute Gasteiger partial charge is 0.304 e. The summed E-state index contributed by atoms with van der Waals surface area (Å²) < 4.78 is 0. The van der Waals surface area contributed by atoms with Gasteiger partial charge in [-0.1, -0.05) is 12.1 Å². The molecule has 1 aromatic carbocycles. The molecule has 94 valence electrons. The molecule has 1 aromatic rings. The van der Waals surface area contributed by atoms with E-state index >= 15 is 0 Å². The maximum Gasteiger partial charge on any atom is 0.304 e. The number of hydrogen-bond donors (Lipinski definition) is 1. The van der Waals surface area contributed by atoms with Crippen molar-refractivity contribution in [2.45, 2.75) is 24.7 Å². The number of benzene rings is 1. The summed E-state index contributed by atoms with van der Waals surface area (Å²) in [6.07, 6.45) is 4.09. The Bertz CT molecular complexity index is 489. The highest BCUT2D eigenvalue weighted by Crippen LogP contribution is 2.51. The monoisotopic (exact) mass is 244 g/mol. The van der Waals surface area contributed by atoms with Crippen molar-refractivity contribution in [3.63, 3.8) is 0 Å². The van der Waals surface area contributed by atoms with Crippen LogP contribution in [0.5, 0.6) is 0 Å². The number of anilines is 1. The van der Waals surface area contributed by atoms with E-state index in [2.05, 4.69) is 34.2 Å². The highest BCUT2D eigenvalue weighted by Gasteiger charge is 2.45. The summed E-state index contributed by atoms with van der Waals surface area (Å²) in [6, 6.07) is 8.26. The summed E-state index contributed by atoms with van der Waals surface area (Å²) in [7, 11) is 0. The molecule has 0 radical (unpaired) electrons. The molecule has 1 fully saturated rings. The number of aliphatic imine (C=N–C) groups is 1. The highest BCUT2D eigenvalue weighted by atomic mass is 16.4. The first-order valence-electron chi connectivity index (χ1n) is 6.29. The first kappa shape index (κ1) is 11.3. The third-order valence-electron chi connectivity index (χ3n) is 3.85. The standard InChI is InChI=1S/C14H16N2O2/c17-13(18)9-14(5-6-14)11-1-3-12(4-2-11)16-8-7-15-10-16/h1-4,10H,5-9H2,(H,17,18). The average molecular weight is 244 g/mol. The van der Waals surface area contributed by atoms with Gasteiger partial charge in [-0.25, -0.2) is 0 Å². The zero-order valence-corrected chi connectivity index (χ0v) is 10.2. The molecule has 4 heteroatoms. The van der Waals surface area contributed by atoms with Crippen molar-refractivity contribution in [3.05, 3.63) is 29.8 Å². The predicted octanol–water partition coefficient (Wildman–Crippen LogP) is 2.04. The normalized spacial score (nSPS) is 20.1. The number of carbonyl (C=O) groups is 1. The van der Waals surface area contributed by atoms with Gasteiger partial charge in [0.15, 0.2) is 0 Å². The minimum absolute atomic E-state index is 0.0938. The predicted molar refractivity (Wildman–Crippen MR) is 70.3 cm³/mol. The Labute approximate surface area is 106 Å². The van der Waals surface area contributed by atoms with E-state index < -0.39 is 5.97 Å². The topological polar surface area (TPSA) is 52.9 Å². The van der Waals surface area contributed by atoms with Gasteiger partial charge in [0.1, 0.15) is 0 Å². The maximum absolute atomic E-state index is 10.9. The van der Waals surface area contributed by atoms with Gasteiger partial charge in [-0.05, 0) is 30.5 Å². The number of carboxylic acid groups (broad SMARTS) is 1. The molecule has 0 atom stereocenters. The van der Waals surface area contributed by atoms with Crippen LogP contribution >= 0.6 is 0 Å². The molecule has 1 saturated carbocycles. The second-order valence-corrected chi connectivity index (χ2v) is 5.11. The lowest BCUT2D eigenvalue weighted by atomic mass is 9.92. The van der Waals surface area contributed by atoms with Crippen molar-refractivity contribution in [2.24, 2.45) is 4.99 Å². The molecular weight excluding hydrogens is 228 g/mol. The zero-order chi connectivity index (χ0) is 12.6. The Morgan fingerprint density at radius 3 is 2.56 bits per heavy atom. The molecule has 0 amide bonds. The van der Waals surface area contributed by atoms with Gasteiger partial charge in [0, 0.05) is 17.6 Å². The van der Waals surface area contributed by atoms with Gasteiger partial charge < -0.3 is 10.0 Å². The number of carboxylic acids is 1. The largest absolute Gasteiger partial charge is 0.481 e. The van der Waals surface area contributed by atoms with Crippen LogP contribution in [0.3, 0.4) is 0 Å². The zero-order valence-electron chi connectivity index (χ0n) is 10.2. The van der Waals surface area contributed by atoms with E-state index in [4.69, 9.17) is 5.11 Å². The number of hydrogen-bond acceptors (Lipinski definition) is 3. The van der Waals surface area contributed by atoms with Gasteiger partial charge in [0.05, 0.1) is 19.3 Å². The molecule has 0 spiro atoms. The number of aliphatic carboxylic acids is 1. The van der Waals surface area contributed by atoms with Gasteiger partial charge >= 0.3 is 5.97 Å². The third-order valence-corrected chi connectivity index (χ3v) is 3.85. The number of nitrogens with zero attached hydrogens (tertiary/aromatic N) is 2. The van der Waals surface area contributed by atoms with E-state index in [1.54, 1.807) is 0 Å². The van der Waals surface area contributed by atoms with Crippen LogP contribution in [-0.2, 0) is 10.2 Å². The SMILES string of the molecule is O=C(O)CC1(c2ccc(N3C=NCC3)cc2)CC1. The second kappa shape index (κ2) is 4.12. The summed E-state index contributed by atoms with van der Waals surface area (Å²) in [5.74, 6) is -0.705.